The van der Waals surface area contributed by atoms with E-state index in [0.29, 0.717) is 11.4 Å². The second kappa shape index (κ2) is 4.18. The van der Waals surface area contributed by atoms with Crippen molar-refractivity contribution in [1.29, 1.82) is 0 Å². The highest BCUT2D eigenvalue weighted by molar-refractivity contribution is 6.35. The molecule has 2 rings (SSSR count). The monoisotopic (exact) mass is 237 g/mol. The standard InChI is InChI=1S/C12H12ClNO2/c1-2-10(12(15)16)14-7-6-8-4-3-5-9(13)11(8)14/h3-7,10H,2H2,1H3,(H,15,16). The first-order valence-corrected chi connectivity index (χ1v) is 5.50. The molecule has 0 fully saturated rings. The van der Waals surface area contributed by atoms with Gasteiger partial charge in [-0.2, -0.15) is 0 Å². The molecule has 84 valence electrons. The first kappa shape index (κ1) is 11.0. The molecular weight excluding hydrogens is 226 g/mol. The zero-order valence-electron chi connectivity index (χ0n) is 8.85. The third-order valence-corrected chi connectivity index (χ3v) is 3.00. The van der Waals surface area contributed by atoms with Gasteiger partial charge in [-0.05, 0) is 18.6 Å². The van der Waals surface area contributed by atoms with Gasteiger partial charge in [-0.1, -0.05) is 30.7 Å². The largest absolute Gasteiger partial charge is 0.480 e. The van der Waals surface area contributed by atoms with Crippen molar-refractivity contribution >= 4 is 28.5 Å². The van der Waals surface area contributed by atoms with E-state index in [0.717, 1.165) is 10.9 Å². The lowest BCUT2D eigenvalue weighted by atomic mass is 10.2. The molecule has 3 nitrogen and oxygen atoms in total. The van der Waals surface area contributed by atoms with Crippen molar-refractivity contribution in [2.45, 2.75) is 19.4 Å². The van der Waals surface area contributed by atoms with Gasteiger partial charge in [0, 0.05) is 11.6 Å². The number of carboxylic acid groups (broad SMARTS) is 1. The molecule has 1 heterocycles. The summed E-state index contributed by atoms with van der Waals surface area (Å²) in [6, 6.07) is 6.88. The Hall–Kier alpha value is -1.48. The highest BCUT2D eigenvalue weighted by Gasteiger charge is 2.19. The molecule has 0 saturated carbocycles. The molecule has 0 aliphatic heterocycles. The number of nitrogens with zero attached hydrogens (tertiary/aromatic N) is 1. The molecule has 0 amide bonds. The lowest BCUT2D eigenvalue weighted by Gasteiger charge is -2.14. The van der Waals surface area contributed by atoms with Gasteiger partial charge >= 0.3 is 5.97 Å². The highest BCUT2D eigenvalue weighted by Crippen LogP contribution is 2.28. The average molecular weight is 238 g/mol. The van der Waals surface area contributed by atoms with Gasteiger partial charge in [-0.25, -0.2) is 4.79 Å². The summed E-state index contributed by atoms with van der Waals surface area (Å²) in [4.78, 5) is 11.1. The Morgan fingerprint density at radius 3 is 2.88 bits per heavy atom. The second-order valence-electron chi connectivity index (χ2n) is 3.66. The third kappa shape index (κ3) is 1.67. The van der Waals surface area contributed by atoms with E-state index in [9.17, 15) is 4.79 Å². The smallest absolute Gasteiger partial charge is 0.326 e. The van der Waals surface area contributed by atoms with E-state index in [-0.39, 0.29) is 0 Å². The van der Waals surface area contributed by atoms with E-state index in [1.807, 2.05) is 25.1 Å². The van der Waals surface area contributed by atoms with Crippen LogP contribution in [0, 0.1) is 0 Å². The molecule has 4 heteroatoms. The second-order valence-corrected chi connectivity index (χ2v) is 4.07. The van der Waals surface area contributed by atoms with E-state index in [1.165, 1.54) is 0 Å². The summed E-state index contributed by atoms with van der Waals surface area (Å²) in [5.74, 6) is -0.833. The van der Waals surface area contributed by atoms with Crippen molar-refractivity contribution in [3.05, 3.63) is 35.5 Å². The van der Waals surface area contributed by atoms with Crippen LogP contribution in [0.2, 0.25) is 5.02 Å². The molecule has 0 aliphatic carbocycles. The Kier molecular flexibility index (Phi) is 2.88. The number of halogens is 1. The first-order valence-electron chi connectivity index (χ1n) is 5.13. The van der Waals surface area contributed by atoms with Crippen molar-refractivity contribution in [3.8, 4) is 0 Å². The van der Waals surface area contributed by atoms with Gasteiger partial charge < -0.3 is 9.67 Å². The molecule has 16 heavy (non-hydrogen) atoms. The fraction of sp³-hybridized carbons (Fsp3) is 0.250. The lowest BCUT2D eigenvalue weighted by molar-refractivity contribution is -0.140. The molecule has 1 aromatic carbocycles. The molecule has 1 unspecified atom stereocenters. The van der Waals surface area contributed by atoms with Crippen LogP contribution in [0.5, 0.6) is 0 Å². The molecule has 0 aliphatic rings. The van der Waals surface area contributed by atoms with Gasteiger partial charge in [0.1, 0.15) is 6.04 Å². The molecular formula is C12H12ClNO2. The fourth-order valence-electron chi connectivity index (χ4n) is 1.92. The zero-order chi connectivity index (χ0) is 11.7. The predicted octanol–water partition coefficient (Wildman–Crippen LogP) is 3.33. The van der Waals surface area contributed by atoms with Crippen LogP contribution in [-0.2, 0) is 4.79 Å². The predicted molar refractivity (Wildman–Crippen MR) is 63.9 cm³/mol. The normalized spacial score (nSPS) is 12.9. The van der Waals surface area contributed by atoms with Crippen LogP contribution in [-0.4, -0.2) is 15.6 Å². The maximum atomic E-state index is 11.1. The number of carboxylic acids is 1. The molecule has 0 bridgehead atoms. The van der Waals surface area contributed by atoms with Gasteiger partial charge in [0.25, 0.3) is 0 Å². The highest BCUT2D eigenvalue weighted by atomic mass is 35.5. The number of rotatable bonds is 3. The lowest BCUT2D eigenvalue weighted by Crippen LogP contribution is -2.17. The van der Waals surface area contributed by atoms with Crippen LogP contribution < -0.4 is 0 Å². The Balaban J connectivity index is 2.65. The number of fused-ring (bicyclic) bond motifs is 1. The van der Waals surface area contributed by atoms with Crippen molar-refractivity contribution in [2.75, 3.05) is 0 Å². The van der Waals surface area contributed by atoms with E-state index in [1.54, 1.807) is 16.8 Å². The van der Waals surface area contributed by atoms with E-state index in [2.05, 4.69) is 0 Å². The van der Waals surface area contributed by atoms with Gasteiger partial charge in [0.2, 0.25) is 0 Å². The van der Waals surface area contributed by atoms with Gasteiger partial charge in [-0.3, -0.25) is 0 Å². The molecule has 0 radical (unpaired) electrons. The molecule has 1 atom stereocenters. The number of para-hydroxylation sites is 1. The summed E-state index contributed by atoms with van der Waals surface area (Å²) in [6.07, 6.45) is 2.31. The zero-order valence-corrected chi connectivity index (χ0v) is 9.61. The quantitative estimate of drug-likeness (QED) is 0.890. The fourth-order valence-corrected chi connectivity index (χ4v) is 2.20. The number of carbonyl (C=O) groups is 1. The number of benzene rings is 1. The number of hydrogen-bond acceptors (Lipinski definition) is 1. The van der Waals surface area contributed by atoms with Crippen molar-refractivity contribution < 1.29 is 9.90 Å². The summed E-state index contributed by atoms with van der Waals surface area (Å²) < 4.78 is 1.72. The van der Waals surface area contributed by atoms with Crippen LogP contribution in [0.25, 0.3) is 10.9 Å². The third-order valence-electron chi connectivity index (χ3n) is 2.70. The summed E-state index contributed by atoms with van der Waals surface area (Å²) in [5, 5.41) is 10.7. The van der Waals surface area contributed by atoms with E-state index in [4.69, 9.17) is 16.7 Å². The summed E-state index contributed by atoms with van der Waals surface area (Å²) >= 11 is 6.10. The molecule has 0 spiro atoms. The number of aliphatic carboxylic acids is 1. The van der Waals surface area contributed by atoms with Gasteiger partial charge in [0.05, 0.1) is 10.5 Å². The summed E-state index contributed by atoms with van der Waals surface area (Å²) in [7, 11) is 0. The van der Waals surface area contributed by atoms with Crippen LogP contribution in [0.3, 0.4) is 0 Å². The molecule has 1 aromatic heterocycles. The number of hydrogen-bond donors (Lipinski definition) is 1. The van der Waals surface area contributed by atoms with Gasteiger partial charge in [-0.15, -0.1) is 0 Å². The first-order chi connectivity index (χ1) is 7.65. The van der Waals surface area contributed by atoms with E-state index < -0.39 is 12.0 Å². The maximum absolute atomic E-state index is 11.1. The van der Waals surface area contributed by atoms with Gasteiger partial charge in [0.15, 0.2) is 0 Å². The summed E-state index contributed by atoms with van der Waals surface area (Å²) in [6.45, 7) is 1.85. The molecule has 0 saturated heterocycles. The molecule has 1 N–H and O–H groups in total. The minimum atomic E-state index is -0.833. The Bertz CT molecular complexity index is 533. The van der Waals surface area contributed by atoms with Crippen LogP contribution >= 0.6 is 11.6 Å². The van der Waals surface area contributed by atoms with Crippen LogP contribution in [0.15, 0.2) is 30.5 Å². The Morgan fingerprint density at radius 2 is 2.25 bits per heavy atom. The number of aromatic nitrogens is 1. The van der Waals surface area contributed by atoms with Crippen molar-refractivity contribution in [3.63, 3.8) is 0 Å². The summed E-state index contributed by atoms with van der Waals surface area (Å²) in [5.41, 5.74) is 0.790. The molecule has 2 aromatic rings. The SMILES string of the molecule is CCC(C(=O)O)n1ccc2cccc(Cl)c21. The topological polar surface area (TPSA) is 42.2 Å². The van der Waals surface area contributed by atoms with Crippen molar-refractivity contribution in [1.82, 2.24) is 4.57 Å². The Morgan fingerprint density at radius 1 is 1.50 bits per heavy atom. The average Bonchev–Trinajstić information content (AvgIpc) is 2.64. The Labute approximate surface area is 98.3 Å². The van der Waals surface area contributed by atoms with Crippen LogP contribution in [0.1, 0.15) is 19.4 Å². The minimum absolute atomic E-state index is 0.532. The van der Waals surface area contributed by atoms with Crippen LogP contribution in [0.4, 0.5) is 0 Å². The minimum Gasteiger partial charge on any atom is -0.480 e. The maximum Gasteiger partial charge on any atom is 0.326 e. The van der Waals surface area contributed by atoms with E-state index >= 15 is 0 Å². The van der Waals surface area contributed by atoms with Crippen molar-refractivity contribution in [2.24, 2.45) is 0 Å².